The van der Waals surface area contributed by atoms with Gasteiger partial charge in [0.05, 0.1) is 5.54 Å². The monoisotopic (exact) mass is 380 g/mol. The summed E-state index contributed by atoms with van der Waals surface area (Å²) in [7, 11) is 0. The molecule has 2 aromatic rings. The van der Waals surface area contributed by atoms with Crippen molar-refractivity contribution < 1.29 is 13.9 Å². The normalized spacial score (nSPS) is 16.2. The lowest BCUT2D eigenvalue weighted by molar-refractivity contribution is -0.121. The molecule has 5 heteroatoms. The summed E-state index contributed by atoms with van der Waals surface area (Å²) in [5.74, 6) is 2.89. The van der Waals surface area contributed by atoms with E-state index in [4.69, 9.17) is 11.2 Å². The van der Waals surface area contributed by atoms with E-state index in [2.05, 4.69) is 22.2 Å². The first-order chi connectivity index (χ1) is 13.5. The van der Waals surface area contributed by atoms with Crippen LogP contribution in [-0.4, -0.2) is 30.5 Å². The van der Waals surface area contributed by atoms with E-state index in [0.717, 1.165) is 49.4 Å². The maximum absolute atomic E-state index is 13.3. The molecule has 0 aromatic heterocycles. The summed E-state index contributed by atoms with van der Waals surface area (Å²) >= 11 is 0. The molecule has 4 nitrogen and oxygen atoms in total. The molecule has 0 aliphatic carbocycles. The van der Waals surface area contributed by atoms with Gasteiger partial charge in [-0.1, -0.05) is 30.2 Å². The number of hydrogen-bond donors (Lipinski definition) is 1. The first kappa shape index (κ1) is 19.9. The van der Waals surface area contributed by atoms with Gasteiger partial charge >= 0.3 is 0 Å². The van der Waals surface area contributed by atoms with Crippen LogP contribution >= 0.6 is 0 Å². The fraction of sp³-hybridized carbons (Fsp3) is 0.348. The first-order valence-electron chi connectivity index (χ1n) is 9.43. The number of carbonyl (C=O) groups excluding carboxylic acids is 1. The Bertz CT molecular complexity index is 850. The highest BCUT2D eigenvalue weighted by atomic mass is 19.1. The first-order valence-corrected chi connectivity index (χ1v) is 9.43. The van der Waals surface area contributed by atoms with Crippen LogP contribution in [0.5, 0.6) is 5.75 Å². The van der Waals surface area contributed by atoms with Gasteiger partial charge in [0.25, 0.3) is 0 Å². The third-order valence-corrected chi connectivity index (χ3v) is 5.15. The van der Waals surface area contributed by atoms with Gasteiger partial charge in [-0.3, -0.25) is 9.69 Å². The number of nitrogens with zero attached hydrogens (tertiary/aromatic N) is 1. The van der Waals surface area contributed by atoms with Gasteiger partial charge in [-0.25, -0.2) is 4.39 Å². The number of benzene rings is 2. The van der Waals surface area contributed by atoms with Gasteiger partial charge in [-0.15, -0.1) is 6.42 Å². The lowest BCUT2D eigenvalue weighted by Gasteiger charge is -2.42. The molecular formula is C23H25FN2O2. The Balaban J connectivity index is 1.68. The van der Waals surface area contributed by atoms with Crippen molar-refractivity contribution in [2.45, 2.75) is 31.8 Å². The molecule has 0 bridgehead atoms. The summed E-state index contributed by atoms with van der Waals surface area (Å²) in [6.45, 7) is 4.23. The predicted octanol–water partition coefficient (Wildman–Crippen LogP) is 3.47. The van der Waals surface area contributed by atoms with E-state index in [0.29, 0.717) is 0 Å². The standard InChI is InChI=1S/C23H25FN2O2/c1-3-15-28-22-6-4-5-19(16-22)17-26-13-11-23(12-14-26,25-18(2)27)20-7-9-21(24)10-8-20/h1,4-10,16H,11-15,17H2,2H3,(H,25,27). The van der Waals surface area contributed by atoms with E-state index in [-0.39, 0.29) is 18.3 Å². The van der Waals surface area contributed by atoms with Gasteiger partial charge in [0.15, 0.2) is 0 Å². The van der Waals surface area contributed by atoms with Crippen LogP contribution in [0.2, 0.25) is 0 Å². The summed E-state index contributed by atoms with van der Waals surface area (Å²) in [4.78, 5) is 14.2. The third-order valence-electron chi connectivity index (χ3n) is 5.15. The van der Waals surface area contributed by atoms with Crippen molar-refractivity contribution >= 4 is 5.91 Å². The van der Waals surface area contributed by atoms with E-state index in [1.54, 1.807) is 12.1 Å². The molecule has 2 aromatic carbocycles. The summed E-state index contributed by atoms with van der Waals surface area (Å²) in [5.41, 5.74) is 1.66. The lowest BCUT2D eigenvalue weighted by Crippen LogP contribution is -2.52. The Morgan fingerprint density at radius 3 is 2.61 bits per heavy atom. The number of terminal acetylenes is 1. The molecular weight excluding hydrogens is 355 g/mol. The van der Waals surface area contributed by atoms with Crippen LogP contribution in [0.3, 0.4) is 0 Å². The van der Waals surface area contributed by atoms with Crippen molar-refractivity contribution in [2.75, 3.05) is 19.7 Å². The van der Waals surface area contributed by atoms with Crippen LogP contribution in [0.25, 0.3) is 0 Å². The molecule has 1 fully saturated rings. The number of nitrogens with one attached hydrogen (secondary N) is 1. The largest absolute Gasteiger partial charge is 0.481 e. The molecule has 1 aliphatic rings. The molecule has 0 radical (unpaired) electrons. The molecule has 1 N–H and O–H groups in total. The minimum absolute atomic E-state index is 0.0730. The number of likely N-dealkylation sites (tertiary alicyclic amines) is 1. The Labute approximate surface area is 165 Å². The number of carbonyl (C=O) groups is 1. The van der Waals surface area contributed by atoms with Gasteiger partial charge in [0.2, 0.25) is 5.91 Å². The number of rotatable bonds is 6. The Hall–Kier alpha value is -2.84. The van der Waals surface area contributed by atoms with Crippen molar-refractivity contribution in [1.29, 1.82) is 0 Å². The van der Waals surface area contributed by atoms with Crippen molar-refractivity contribution in [3.05, 3.63) is 65.5 Å². The van der Waals surface area contributed by atoms with E-state index < -0.39 is 5.54 Å². The molecule has 3 rings (SSSR count). The van der Waals surface area contributed by atoms with Crippen LogP contribution in [-0.2, 0) is 16.9 Å². The zero-order valence-corrected chi connectivity index (χ0v) is 16.1. The predicted molar refractivity (Wildman–Crippen MR) is 107 cm³/mol. The summed E-state index contributed by atoms with van der Waals surface area (Å²) in [6.07, 6.45) is 6.78. The zero-order valence-electron chi connectivity index (χ0n) is 16.1. The molecule has 1 saturated heterocycles. The summed E-state index contributed by atoms with van der Waals surface area (Å²) in [5, 5.41) is 3.12. The Morgan fingerprint density at radius 1 is 1.25 bits per heavy atom. The van der Waals surface area contributed by atoms with Crippen molar-refractivity contribution in [3.8, 4) is 18.1 Å². The average Bonchev–Trinajstić information content (AvgIpc) is 2.68. The third kappa shape index (κ3) is 4.90. The topological polar surface area (TPSA) is 41.6 Å². The second-order valence-corrected chi connectivity index (χ2v) is 7.19. The average molecular weight is 380 g/mol. The molecule has 28 heavy (non-hydrogen) atoms. The van der Waals surface area contributed by atoms with Gasteiger partial charge in [-0.05, 0) is 48.2 Å². The minimum atomic E-state index is -0.451. The van der Waals surface area contributed by atoms with Gasteiger partial charge < -0.3 is 10.1 Å². The van der Waals surface area contributed by atoms with Gasteiger partial charge in [0.1, 0.15) is 18.2 Å². The molecule has 0 saturated carbocycles. The van der Waals surface area contributed by atoms with E-state index in [1.165, 1.54) is 19.1 Å². The number of piperidine rings is 1. The highest BCUT2D eigenvalue weighted by Gasteiger charge is 2.36. The number of amides is 1. The molecule has 1 heterocycles. The second kappa shape index (κ2) is 8.90. The Morgan fingerprint density at radius 2 is 1.96 bits per heavy atom. The zero-order chi connectivity index (χ0) is 20.0. The fourth-order valence-electron chi connectivity index (χ4n) is 3.80. The van der Waals surface area contributed by atoms with Crippen LogP contribution in [0.4, 0.5) is 4.39 Å². The number of hydrogen-bond acceptors (Lipinski definition) is 3. The van der Waals surface area contributed by atoms with Crippen molar-refractivity contribution in [1.82, 2.24) is 10.2 Å². The Kier molecular flexibility index (Phi) is 6.33. The summed E-state index contributed by atoms with van der Waals surface area (Å²) in [6, 6.07) is 14.4. The number of ether oxygens (including phenoxy) is 1. The van der Waals surface area contributed by atoms with Crippen molar-refractivity contribution in [3.63, 3.8) is 0 Å². The molecule has 0 spiro atoms. The molecule has 146 valence electrons. The maximum Gasteiger partial charge on any atom is 0.217 e. The van der Waals surface area contributed by atoms with Gasteiger partial charge in [0, 0.05) is 26.6 Å². The molecule has 1 amide bonds. The summed E-state index contributed by atoms with van der Waals surface area (Å²) < 4.78 is 18.8. The lowest BCUT2D eigenvalue weighted by atomic mass is 9.80. The van der Waals surface area contributed by atoms with Crippen LogP contribution in [0.15, 0.2) is 48.5 Å². The maximum atomic E-state index is 13.3. The highest BCUT2D eigenvalue weighted by Crippen LogP contribution is 2.34. The van der Waals surface area contributed by atoms with Crippen LogP contribution < -0.4 is 10.1 Å². The van der Waals surface area contributed by atoms with E-state index in [1.807, 2.05) is 18.2 Å². The minimum Gasteiger partial charge on any atom is -0.481 e. The fourth-order valence-corrected chi connectivity index (χ4v) is 3.80. The van der Waals surface area contributed by atoms with E-state index in [9.17, 15) is 9.18 Å². The number of halogens is 1. The molecule has 0 unspecified atom stereocenters. The molecule has 1 aliphatic heterocycles. The van der Waals surface area contributed by atoms with Gasteiger partial charge in [-0.2, -0.15) is 0 Å². The quantitative estimate of drug-likeness (QED) is 0.781. The SMILES string of the molecule is C#CCOc1cccc(CN2CCC(NC(C)=O)(c3ccc(F)cc3)CC2)c1. The van der Waals surface area contributed by atoms with Crippen molar-refractivity contribution in [2.24, 2.45) is 0 Å². The second-order valence-electron chi connectivity index (χ2n) is 7.19. The van der Waals surface area contributed by atoms with E-state index >= 15 is 0 Å². The van der Waals surface area contributed by atoms with Crippen LogP contribution in [0, 0.1) is 18.2 Å². The smallest absolute Gasteiger partial charge is 0.217 e. The highest BCUT2D eigenvalue weighted by molar-refractivity contribution is 5.74. The van der Waals surface area contributed by atoms with Crippen LogP contribution in [0.1, 0.15) is 30.9 Å². The molecule has 0 atom stereocenters.